The lowest BCUT2D eigenvalue weighted by Crippen LogP contribution is -2.38. The van der Waals surface area contributed by atoms with Crippen LogP contribution in [0.25, 0.3) is 0 Å². The first-order valence-corrected chi connectivity index (χ1v) is 10.2. The van der Waals surface area contributed by atoms with Crippen molar-refractivity contribution >= 4 is 27.5 Å². The minimum absolute atomic E-state index is 0.0319. The van der Waals surface area contributed by atoms with Gasteiger partial charge in [-0.15, -0.1) is 0 Å². The third-order valence-corrected chi connectivity index (χ3v) is 6.94. The van der Waals surface area contributed by atoms with Crippen molar-refractivity contribution in [2.75, 3.05) is 26.2 Å². The Labute approximate surface area is 161 Å². The molecule has 0 radical (unpaired) electrons. The van der Waals surface area contributed by atoms with Gasteiger partial charge in [-0.3, -0.25) is 4.79 Å². The fourth-order valence-electron chi connectivity index (χ4n) is 3.17. The molecule has 0 spiro atoms. The Morgan fingerprint density at radius 3 is 2.59 bits per heavy atom. The lowest BCUT2D eigenvalue weighted by molar-refractivity contribution is 0.0759. The van der Waals surface area contributed by atoms with Crippen LogP contribution >= 0.6 is 11.6 Å². The topological polar surface area (TPSA) is 83.7 Å². The summed E-state index contributed by atoms with van der Waals surface area (Å²) in [6.45, 7) is 3.87. The number of aryl methyl sites for hydroxylation is 2. The summed E-state index contributed by atoms with van der Waals surface area (Å²) < 4.78 is 46.2. The third-order valence-electron chi connectivity index (χ3n) is 4.48. The van der Waals surface area contributed by atoms with E-state index in [0.29, 0.717) is 18.7 Å². The zero-order valence-electron chi connectivity index (χ0n) is 14.9. The summed E-state index contributed by atoms with van der Waals surface area (Å²) >= 11 is 5.98. The van der Waals surface area contributed by atoms with Gasteiger partial charge >= 0.3 is 0 Å². The van der Waals surface area contributed by atoms with Crippen molar-refractivity contribution in [1.29, 1.82) is 0 Å². The summed E-state index contributed by atoms with van der Waals surface area (Å²) in [5.41, 5.74) is 0.101. The molecule has 27 heavy (non-hydrogen) atoms. The van der Waals surface area contributed by atoms with Crippen LogP contribution in [0.4, 0.5) is 4.39 Å². The Kier molecular flexibility index (Phi) is 5.55. The van der Waals surface area contributed by atoms with Gasteiger partial charge in [0, 0.05) is 26.2 Å². The van der Waals surface area contributed by atoms with Crippen LogP contribution in [-0.2, 0) is 10.0 Å². The smallest absolute Gasteiger partial charge is 0.258 e. The van der Waals surface area contributed by atoms with Crippen LogP contribution in [0.1, 0.15) is 28.2 Å². The molecule has 0 saturated carbocycles. The van der Waals surface area contributed by atoms with Crippen molar-refractivity contribution in [2.24, 2.45) is 0 Å². The SMILES string of the molecule is Cc1noc(C)c1S(=O)(=O)N1CCCN(C(=O)c2c(F)cccc2Cl)CC1. The first-order chi connectivity index (χ1) is 12.7. The second-order valence-electron chi connectivity index (χ2n) is 6.30. The molecule has 7 nitrogen and oxygen atoms in total. The molecule has 1 aliphatic rings. The average molecular weight is 416 g/mol. The number of carbonyl (C=O) groups excluding carboxylic acids is 1. The van der Waals surface area contributed by atoms with E-state index in [9.17, 15) is 17.6 Å². The van der Waals surface area contributed by atoms with Crippen LogP contribution in [0.3, 0.4) is 0 Å². The van der Waals surface area contributed by atoms with Crippen LogP contribution in [0.5, 0.6) is 0 Å². The number of benzene rings is 1. The largest absolute Gasteiger partial charge is 0.360 e. The van der Waals surface area contributed by atoms with E-state index in [1.165, 1.54) is 27.4 Å². The predicted molar refractivity (Wildman–Crippen MR) is 96.7 cm³/mol. The van der Waals surface area contributed by atoms with Crippen LogP contribution in [-0.4, -0.2) is 54.9 Å². The molecule has 3 rings (SSSR count). The van der Waals surface area contributed by atoms with Crippen molar-refractivity contribution < 1.29 is 22.1 Å². The molecule has 2 heterocycles. The lowest BCUT2D eigenvalue weighted by Gasteiger charge is -2.22. The van der Waals surface area contributed by atoms with Crippen molar-refractivity contribution in [3.05, 3.63) is 46.1 Å². The van der Waals surface area contributed by atoms with Gasteiger partial charge in [-0.1, -0.05) is 22.8 Å². The van der Waals surface area contributed by atoms with Crippen molar-refractivity contribution in [1.82, 2.24) is 14.4 Å². The second-order valence-corrected chi connectivity index (χ2v) is 8.58. The highest BCUT2D eigenvalue weighted by molar-refractivity contribution is 7.89. The second kappa shape index (κ2) is 7.57. The van der Waals surface area contributed by atoms with Gasteiger partial charge in [0.05, 0.1) is 10.6 Å². The van der Waals surface area contributed by atoms with E-state index in [-0.39, 0.29) is 40.9 Å². The molecular weight excluding hydrogens is 397 g/mol. The van der Waals surface area contributed by atoms with E-state index in [1.54, 1.807) is 13.8 Å². The van der Waals surface area contributed by atoms with Gasteiger partial charge in [0.1, 0.15) is 16.4 Å². The first-order valence-electron chi connectivity index (χ1n) is 8.39. The zero-order chi connectivity index (χ0) is 19.8. The van der Waals surface area contributed by atoms with E-state index in [1.807, 2.05) is 0 Å². The molecule has 146 valence electrons. The molecule has 0 bridgehead atoms. The maximum absolute atomic E-state index is 14.0. The Hall–Kier alpha value is -1.97. The molecule has 0 aliphatic carbocycles. The molecule has 1 aromatic carbocycles. The fraction of sp³-hybridized carbons (Fsp3) is 0.412. The van der Waals surface area contributed by atoms with E-state index >= 15 is 0 Å². The maximum atomic E-state index is 14.0. The third kappa shape index (κ3) is 3.71. The van der Waals surface area contributed by atoms with Crippen LogP contribution in [0.2, 0.25) is 5.02 Å². The maximum Gasteiger partial charge on any atom is 0.258 e. The summed E-state index contributed by atoms with van der Waals surface area (Å²) in [6.07, 6.45) is 0.417. The average Bonchev–Trinajstić information content (AvgIpc) is 2.81. The molecule has 1 fully saturated rings. The molecule has 1 aromatic heterocycles. The minimum Gasteiger partial charge on any atom is -0.360 e. The molecular formula is C17H19ClFN3O4S. The number of nitrogens with zero attached hydrogens (tertiary/aromatic N) is 3. The lowest BCUT2D eigenvalue weighted by atomic mass is 10.1. The number of aromatic nitrogens is 1. The first kappa shape index (κ1) is 19.8. The number of amides is 1. The van der Waals surface area contributed by atoms with Gasteiger partial charge in [0.25, 0.3) is 5.91 Å². The Morgan fingerprint density at radius 1 is 1.22 bits per heavy atom. The molecule has 1 amide bonds. The summed E-state index contributed by atoms with van der Waals surface area (Å²) in [5.74, 6) is -1.02. The highest BCUT2D eigenvalue weighted by Gasteiger charge is 2.33. The van der Waals surface area contributed by atoms with Crippen LogP contribution < -0.4 is 0 Å². The molecule has 1 saturated heterocycles. The number of rotatable bonds is 3. The standard InChI is InChI=1S/C17H19ClFN3O4S/c1-11-16(12(2)26-20-11)27(24,25)22-8-4-7-21(9-10-22)17(23)15-13(18)5-3-6-14(15)19/h3,5-6H,4,7-10H2,1-2H3. The predicted octanol–water partition coefficient (Wildman–Crippen LogP) is 2.62. The van der Waals surface area contributed by atoms with Crippen molar-refractivity contribution in [2.45, 2.75) is 25.2 Å². The zero-order valence-corrected chi connectivity index (χ0v) is 16.5. The number of hydrogen-bond acceptors (Lipinski definition) is 5. The normalized spacial score (nSPS) is 16.4. The van der Waals surface area contributed by atoms with Crippen LogP contribution in [0.15, 0.2) is 27.6 Å². The number of sulfonamides is 1. The molecule has 0 unspecified atom stereocenters. The van der Waals surface area contributed by atoms with E-state index in [4.69, 9.17) is 16.1 Å². The van der Waals surface area contributed by atoms with Crippen molar-refractivity contribution in [3.63, 3.8) is 0 Å². The van der Waals surface area contributed by atoms with E-state index in [2.05, 4.69) is 5.16 Å². The Bertz CT molecular complexity index is 937. The van der Waals surface area contributed by atoms with Gasteiger partial charge < -0.3 is 9.42 Å². The Morgan fingerprint density at radius 2 is 1.96 bits per heavy atom. The van der Waals surface area contributed by atoms with Gasteiger partial charge in [0.15, 0.2) is 5.76 Å². The molecule has 0 atom stereocenters. The summed E-state index contributed by atoms with van der Waals surface area (Å²) in [7, 11) is -3.79. The summed E-state index contributed by atoms with van der Waals surface area (Å²) in [4.78, 5) is 14.2. The Balaban J connectivity index is 1.81. The number of hydrogen-bond donors (Lipinski definition) is 0. The highest BCUT2D eigenvalue weighted by Crippen LogP contribution is 2.25. The fourth-order valence-corrected chi connectivity index (χ4v) is 5.17. The van der Waals surface area contributed by atoms with Crippen molar-refractivity contribution in [3.8, 4) is 0 Å². The van der Waals surface area contributed by atoms with Gasteiger partial charge in [0.2, 0.25) is 10.0 Å². The minimum atomic E-state index is -3.79. The molecule has 0 N–H and O–H groups in total. The van der Waals surface area contributed by atoms with Gasteiger partial charge in [-0.25, -0.2) is 12.8 Å². The van der Waals surface area contributed by atoms with Gasteiger partial charge in [-0.2, -0.15) is 4.31 Å². The monoisotopic (exact) mass is 415 g/mol. The summed E-state index contributed by atoms with van der Waals surface area (Å²) in [5, 5.41) is 3.73. The van der Waals surface area contributed by atoms with Gasteiger partial charge in [-0.05, 0) is 32.4 Å². The molecule has 10 heteroatoms. The summed E-state index contributed by atoms with van der Waals surface area (Å²) in [6, 6.07) is 4.05. The van der Waals surface area contributed by atoms with E-state index in [0.717, 1.165) is 0 Å². The van der Waals surface area contributed by atoms with Crippen LogP contribution in [0, 0.1) is 19.7 Å². The highest BCUT2D eigenvalue weighted by atomic mass is 35.5. The number of carbonyl (C=O) groups is 1. The van der Waals surface area contributed by atoms with E-state index < -0.39 is 21.7 Å². The number of halogens is 2. The quantitative estimate of drug-likeness (QED) is 0.769. The molecule has 2 aromatic rings. The molecule has 1 aliphatic heterocycles.